The van der Waals surface area contributed by atoms with Crippen LogP contribution in [-0.2, 0) is 0 Å². The minimum atomic E-state index is -0.943. The van der Waals surface area contributed by atoms with Crippen molar-refractivity contribution in [2.45, 2.75) is 20.0 Å². The molecule has 0 aliphatic carbocycles. The van der Waals surface area contributed by atoms with E-state index in [4.69, 9.17) is 37.4 Å². The Morgan fingerprint density at radius 1 is 1.11 bits per heavy atom. The topological polar surface area (TPSA) is 70.8 Å². The van der Waals surface area contributed by atoms with Gasteiger partial charge in [-0.15, -0.1) is 0 Å². The summed E-state index contributed by atoms with van der Waals surface area (Å²) in [5.41, 5.74) is 0.903. The standard InChI is InChI=1S/C19H17Cl2NO5/c1-3-25-16-6-5-11(9-17(16)26-4-2)19-15(22(23)24)8-12-7-13(20)10-14(21)18(12)27-19/h5-10,19H,3-4H2,1-2H3/t19-/m0/s1. The summed E-state index contributed by atoms with van der Waals surface area (Å²) in [4.78, 5) is 11.2. The van der Waals surface area contributed by atoms with Crippen LogP contribution in [0, 0.1) is 10.1 Å². The fourth-order valence-corrected chi connectivity index (χ4v) is 3.40. The predicted molar refractivity (Wildman–Crippen MR) is 104 cm³/mol. The zero-order chi connectivity index (χ0) is 19.6. The Labute approximate surface area is 166 Å². The fraction of sp³-hybridized carbons (Fsp3) is 0.263. The molecular weight excluding hydrogens is 393 g/mol. The number of nitro groups is 1. The average molecular weight is 410 g/mol. The van der Waals surface area contributed by atoms with Crippen molar-refractivity contribution >= 4 is 29.3 Å². The van der Waals surface area contributed by atoms with Crippen LogP contribution in [0.3, 0.4) is 0 Å². The molecule has 0 saturated carbocycles. The first-order chi connectivity index (χ1) is 12.9. The predicted octanol–water partition coefficient (Wildman–Crippen LogP) is 5.54. The lowest BCUT2D eigenvalue weighted by Gasteiger charge is -2.24. The first-order valence-corrected chi connectivity index (χ1v) is 9.11. The lowest BCUT2D eigenvalue weighted by Crippen LogP contribution is -2.20. The molecule has 3 rings (SSSR count). The van der Waals surface area contributed by atoms with Crippen LogP contribution in [0.1, 0.15) is 31.1 Å². The number of nitrogens with zero attached hydrogens (tertiary/aromatic N) is 1. The largest absolute Gasteiger partial charge is 0.490 e. The van der Waals surface area contributed by atoms with Gasteiger partial charge in [0.1, 0.15) is 5.75 Å². The summed E-state index contributed by atoms with van der Waals surface area (Å²) in [5.74, 6) is 1.41. The van der Waals surface area contributed by atoms with Gasteiger partial charge in [0.2, 0.25) is 6.10 Å². The van der Waals surface area contributed by atoms with Gasteiger partial charge in [0.15, 0.2) is 11.5 Å². The van der Waals surface area contributed by atoms with Crippen molar-refractivity contribution in [2.24, 2.45) is 0 Å². The van der Waals surface area contributed by atoms with Crippen molar-refractivity contribution in [3.63, 3.8) is 0 Å². The number of fused-ring (bicyclic) bond motifs is 1. The molecule has 2 aromatic rings. The maximum absolute atomic E-state index is 11.6. The maximum Gasteiger partial charge on any atom is 0.291 e. The Morgan fingerprint density at radius 3 is 2.48 bits per heavy atom. The molecular formula is C19H17Cl2NO5. The van der Waals surface area contributed by atoms with Crippen LogP contribution in [0.4, 0.5) is 0 Å². The number of benzene rings is 2. The third kappa shape index (κ3) is 3.96. The number of ether oxygens (including phenoxy) is 3. The number of rotatable bonds is 6. The molecule has 27 heavy (non-hydrogen) atoms. The molecule has 6 nitrogen and oxygen atoms in total. The number of hydrogen-bond acceptors (Lipinski definition) is 5. The van der Waals surface area contributed by atoms with Gasteiger partial charge in [0, 0.05) is 22.2 Å². The number of hydrogen-bond donors (Lipinski definition) is 0. The van der Waals surface area contributed by atoms with E-state index in [0.29, 0.717) is 46.6 Å². The van der Waals surface area contributed by atoms with Gasteiger partial charge in [-0.25, -0.2) is 0 Å². The van der Waals surface area contributed by atoms with Crippen molar-refractivity contribution in [3.8, 4) is 17.2 Å². The second kappa shape index (κ2) is 8.06. The van der Waals surface area contributed by atoms with E-state index in [0.717, 1.165) is 0 Å². The van der Waals surface area contributed by atoms with Crippen LogP contribution < -0.4 is 14.2 Å². The van der Waals surface area contributed by atoms with E-state index in [1.807, 2.05) is 13.8 Å². The molecule has 142 valence electrons. The van der Waals surface area contributed by atoms with Gasteiger partial charge < -0.3 is 14.2 Å². The van der Waals surface area contributed by atoms with E-state index in [1.54, 1.807) is 24.3 Å². The second-order valence-electron chi connectivity index (χ2n) is 5.70. The van der Waals surface area contributed by atoms with E-state index >= 15 is 0 Å². The minimum Gasteiger partial charge on any atom is -0.490 e. The summed E-state index contributed by atoms with van der Waals surface area (Å²) in [6.07, 6.45) is 0.485. The monoisotopic (exact) mass is 409 g/mol. The third-order valence-electron chi connectivity index (χ3n) is 3.93. The quantitative estimate of drug-likeness (QED) is 0.462. The van der Waals surface area contributed by atoms with E-state index < -0.39 is 11.0 Å². The van der Waals surface area contributed by atoms with Gasteiger partial charge in [-0.05, 0) is 38.1 Å². The molecule has 0 bridgehead atoms. The highest BCUT2D eigenvalue weighted by Crippen LogP contribution is 2.44. The molecule has 8 heteroatoms. The summed E-state index contributed by atoms with van der Waals surface area (Å²) in [6, 6.07) is 8.22. The molecule has 0 saturated heterocycles. The van der Waals surface area contributed by atoms with Gasteiger partial charge in [-0.1, -0.05) is 29.3 Å². The van der Waals surface area contributed by atoms with E-state index in [2.05, 4.69) is 0 Å². The molecule has 0 fully saturated rings. The minimum absolute atomic E-state index is 0.118. The van der Waals surface area contributed by atoms with Gasteiger partial charge >= 0.3 is 0 Å². The normalized spacial score (nSPS) is 15.4. The smallest absolute Gasteiger partial charge is 0.291 e. The molecule has 2 aromatic carbocycles. The van der Waals surface area contributed by atoms with Crippen LogP contribution in [0.15, 0.2) is 36.0 Å². The lowest BCUT2D eigenvalue weighted by molar-refractivity contribution is -0.434. The third-order valence-corrected chi connectivity index (χ3v) is 4.42. The maximum atomic E-state index is 11.6. The second-order valence-corrected chi connectivity index (χ2v) is 6.55. The zero-order valence-electron chi connectivity index (χ0n) is 14.7. The molecule has 1 aliphatic heterocycles. The average Bonchev–Trinajstić information content (AvgIpc) is 2.62. The highest BCUT2D eigenvalue weighted by Gasteiger charge is 2.35. The summed E-state index contributed by atoms with van der Waals surface area (Å²) < 4.78 is 17.1. The molecule has 1 aliphatic rings. The Kier molecular flexibility index (Phi) is 5.77. The fourth-order valence-electron chi connectivity index (χ4n) is 2.84. The van der Waals surface area contributed by atoms with Crippen LogP contribution in [0.5, 0.6) is 17.2 Å². The van der Waals surface area contributed by atoms with Crippen molar-refractivity contribution in [2.75, 3.05) is 13.2 Å². The summed E-state index contributed by atoms with van der Waals surface area (Å²) in [6.45, 7) is 4.62. The summed E-state index contributed by atoms with van der Waals surface area (Å²) in [5, 5.41) is 12.3. The van der Waals surface area contributed by atoms with Gasteiger partial charge in [0.25, 0.3) is 5.70 Å². The molecule has 1 atom stereocenters. The van der Waals surface area contributed by atoms with E-state index in [1.165, 1.54) is 12.1 Å². The molecule has 1 heterocycles. The van der Waals surface area contributed by atoms with Crippen molar-refractivity contribution in [3.05, 3.63) is 67.3 Å². The first kappa shape index (κ1) is 19.3. The highest BCUT2D eigenvalue weighted by atomic mass is 35.5. The molecule has 0 aromatic heterocycles. The van der Waals surface area contributed by atoms with Crippen molar-refractivity contribution in [1.82, 2.24) is 0 Å². The van der Waals surface area contributed by atoms with Crippen LogP contribution >= 0.6 is 23.2 Å². The Morgan fingerprint density at radius 2 is 1.81 bits per heavy atom. The van der Waals surface area contributed by atoms with Crippen LogP contribution in [-0.4, -0.2) is 18.1 Å². The van der Waals surface area contributed by atoms with Crippen molar-refractivity contribution in [1.29, 1.82) is 0 Å². The lowest BCUT2D eigenvalue weighted by atomic mass is 10.0. The van der Waals surface area contributed by atoms with Crippen LogP contribution in [0.25, 0.3) is 6.08 Å². The molecule has 0 amide bonds. The van der Waals surface area contributed by atoms with Gasteiger partial charge in [0.05, 0.1) is 23.2 Å². The van der Waals surface area contributed by atoms with E-state index in [-0.39, 0.29) is 10.7 Å². The molecule has 0 unspecified atom stereocenters. The van der Waals surface area contributed by atoms with Gasteiger partial charge in [-0.2, -0.15) is 0 Å². The first-order valence-electron chi connectivity index (χ1n) is 8.35. The SMILES string of the molecule is CCOc1ccc([C@@H]2Oc3c(Cl)cc(Cl)cc3C=C2[N+](=O)[O-])cc1OCC. The summed E-state index contributed by atoms with van der Waals surface area (Å²) in [7, 11) is 0. The Hall–Kier alpha value is -2.44. The van der Waals surface area contributed by atoms with Crippen LogP contribution in [0.2, 0.25) is 10.0 Å². The van der Waals surface area contributed by atoms with Crippen molar-refractivity contribution < 1.29 is 19.1 Å². The van der Waals surface area contributed by atoms with E-state index in [9.17, 15) is 10.1 Å². The molecule has 0 N–H and O–H groups in total. The zero-order valence-corrected chi connectivity index (χ0v) is 16.2. The number of halogens is 2. The highest BCUT2D eigenvalue weighted by molar-refractivity contribution is 6.36. The summed E-state index contributed by atoms with van der Waals surface area (Å²) >= 11 is 12.2. The van der Waals surface area contributed by atoms with Gasteiger partial charge in [-0.3, -0.25) is 10.1 Å². The Balaban J connectivity index is 2.08. The molecule has 0 radical (unpaired) electrons. The Bertz CT molecular complexity index is 913. The molecule has 0 spiro atoms.